The zero-order valence-corrected chi connectivity index (χ0v) is 22.5. The summed E-state index contributed by atoms with van der Waals surface area (Å²) >= 11 is 6.36. The fourth-order valence-electron chi connectivity index (χ4n) is 6.53. The third kappa shape index (κ3) is 4.88. The zero-order valence-electron chi connectivity index (χ0n) is 20.9. The summed E-state index contributed by atoms with van der Waals surface area (Å²) in [7, 11) is -3.70. The van der Waals surface area contributed by atoms with Crippen LogP contribution in [0.4, 0.5) is 5.69 Å². The molecule has 2 bridgehead atoms. The van der Waals surface area contributed by atoms with Crippen molar-refractivity contribution in [3.63, 3.8) is 0 Å². The molecule has 0 unspecified atom stereocenters. The summed E-state index contributed by atoms with van der Waals surface area (Å²) in [6, 6.07) is 11.5. The Kier molecular flexibility index (Phi) is 6.48. The number of fused-ring (bicyclic) bond motifs is 4. The van der Waals surface area contributed by atoms with Crippen molar-refractivity contribution in [3.8, 4) is 5.75 Å². The van der Waals surface area contributed by atoms with Crippen LogP contribution in [0.3, 0.4) is 0 Å². The number of rotatable bonds is 0. The number of amides is 1. The molecule has 4 aliphatic rings. The van der Waals surface area contributed by atoms with Gasteiger partial charge in [0.15, 0.2) is 0 Å². The second kappa shape index (κ2) is 9.66. The summed E-state index contributed by atoms with van der Waals surface area (Å²) in [6.07, 6.45) is 11.0. The molecule has 0 aromatic heterocycles. The molecule has 1 N–H and O–H groups in total. The Morgan fingerprint density at radius 3 is 2.84 bits per heavy atom. The first kappa shape index (κ1) is 24.8. The second-order valence-electron chi connectivity index (χ2n) is 11.1. The van der Waals surface area contributed by atoms with Gasteiger partial charge >= 0.3 is 0 Å². The van der Waals surface area contributed by atoms with E-state index in [9.17, 15) is 13.2 Å². The molecule has 2 aliphatic heterocycles. The van der Waals surface area contributed by atoms with Crippen LogP contribution in [0, 0.1) is 11.8 Å². The average molecular weight is 541 g/mol. The van der Waals surface area contributed by atoms with Gasteiger partial charge in [0.25, 0.3) is 5.91 Å². The second-order valence-corrected chi connectivity index (χ2v) is 13.4. The summed E-state index contributed by atoms with van der Waals surface area (Å²) in [5.41, 5.74) is 3.62. The topological polar surface area (TPSA) is 75.7 Å². The van der Waals surface area contributed by atoms with E-state index in [1.807, 2.05) is 18.2 Å². The first-order valence-corrected chi connectivity index (χ1v) is 15.4. The highest BCUT2D eigenvalue weighted by Gasteiger charge is 2.43. The molecular weight excluding hydrogens is 508 g/mol. The number of benzene rings is 2. The van der Waals surface area contributed by atoms with E-state index in [0.717, 1.165) is 61.7 Å². The van der Waals surface area contributed by atoms with Crippen LogP contribution >= 0.6 is 11.6 Å². The molecule has 37 heavy (non-hydrogen) atoms. The van der Waals surface area contributed by atoms with Gasteiger partial charge in [-0.15, -0.1) is 0 Å². The molecule has 2 heterocycles. The monoisotopic (exact) mass is 540 g/mol. The third-order valence-electron chi connectivity index (χ3n) is 8.65. The van der Waals surface area contributed by atoms with Gasteiger partial charge in [-0.3, -0.25) is 4.79 Å². The number of aryl methyl sites for hydroxylation is 1. The molecule has 1 fully saturated rings. The number of hydrogen-bond acceptors (Lipinski definition) is 5. The summed E-state index contributed by atoms with van der Waals surface area (Å²) in [4.78, 5) is 15.4. The number of hydrogen-bond donors (Lipinski definition) is 1. The maximum atomic E-state index is 13.0. The molecule has 196 valence electrons. The Morgan fingerprint density at radius 1 is 1.11 bits per heavy atom. The normalized spacial score (nSPS) is 29.8. The van der Waals surface area contributed by atoms with Crippen LogP contribution in [0.25, 0.3) is 0 Å². The number of nitrogens with one attached hydrogen (secondary N) is 1. The van der Waals surface area contributed by atoms with Crippen molar-refractivity contribution in [2.45, 2.75) is 50.4 Å². The van der Waals surface area contributed by atoms with Gasteiger partial charge in [-0.2, -0.15) is 0 Å². The summed E-state index contributed by atoms with van der Waals surface area (Å²) in [5.74, 6) is 1.09. The van der Waals surface area contributed by atoms with Crippen molar-refractivity contribution in [1.29, 1.82) is 0 Å². The van der Waals surface area contributed by atoms with E-state index in [4.69, 9.17) is 16.3 Å². The molecule has 3 atom stereocenters. The molecule has 2 aromatic rings. The van der Waals surface area contributed by atoms with E-state index in [0.29, 0.717) is 36.8 Å². The predicted octanol–water partition coefficient (Wildman–Crippen LogP) is 5.25. The summed E-state index contributed by atoms with van der Waals surface area (Å²) in [5, 5.41) is 0.762. The van der Waals surface area contributed by atoms with E-state index in [-0.39, 0.29) is 11.2 Å². The van der Waals surface area contributed by atoms with Crippen molar-refractivity contribution in [3.05, 3.63) is 70.3 Å². The molecule has 2 aromatic carbocycles. The number of halogens is 1. The van der Waals surface area contributed by atoms with Gasteiger partial charge in [0, 0.05) is 29.1 Å². The number of ether oxygens (including phenoxy) is 1. The van der Waals surface area contributed by atoms with Gasteiger partial charge in [-0.25, -0.2) is 13.1 Å². The number of nitrogens with zero attached hydrogens (tertiary/aromatic N) is 1. The largest absolute Gasteiger partial charge is 0.490 e. The number of carbonyl (C=O) groups is 1. The lowest BCUT2D eigenvalue weighted by Gasteiger charge is -2.44. The Morgan fingerprint density at radius 2 is 2.00 bits per heavy atom. The summed E-state index contributed by atoms with van der Waals surface area (Å²) < 4.78 is 33.8. The lowest BCUT2D eigenvalue weighted by molar-refractivity contribution is 0.0981. The maximum Gasteiger partial charge on any atom is 0.264 e. The average Bonchev–Trinajstić information content (AvgIpc) is 3.00. The van der Waals surface area contributed by atoms with Gasteiger partial charge in [-0.1, -0.05) is 29.8 Å². The quantitative estimate of drug-likeness (QED) is 0.462. The zero-order chi connectivity index (χ0) is 25.6. The van der Waals surface area contributed by atoms with E-state index in [1.54, 1.807) is 6.07 Å². The van der Waals surface area contributed by atoms with Crippen molar-refractivity contribution in [1.82, 2.24) is 4.72 Å². The molecule has 1 saturated carbocycles. The van der Waals surface area contributed by atoms with Crippen LogP contribution in [-0.2, 0) is 21.9 Å². The number of allylic oxidation sites excluding steroid dienone is 2. The Hall–Kier alpha value is -2.51. The fraction of sp³-hybridized carbons (Fsp3) is 0.483. The molecule has 1 amide bonds. The first-order valence-electron chi connectivity index (χ1n) is 13.3. The van der Waals surface area contributed by atoms with Gasteiger partial charge in [0.2, 0.25) is 10.0 Å². The third-order valence-corrected chi connectivity index (χ3v) is 10.2. The lowest BCUT2D eigenvalue weighted by atomic mass is 9.69. The summed E-state index contributed by atoms with van der Waals surface area (Å²) in [6.45, 7) is 2.21. The van der Waals surface area contributed by atoms with Crippen LogP contribution in [0.2, 0.25) is 5.02 Å². The van der Waals surface area contributed by atoms with Crippen LogP contribution < -0.4 is 14.4 Å². The molecule has 2 aliphatic carbocycles. The Bertz CT molecular complexity index is 1360. The molecule has 0 radical (unpaired) electrons. The van der Waals surface area contributed by atoms with Crippen molar-refractivity contribution < 1.29 is 17.9 Å². The minimum atomic E-state index is -3.70. The van der Waals surface area contributed by atoms with E-state index >= 15 is 0 Å². The highest BCUT2D eigenvalue weighted by atomic mass is 35.5. The molecule has 0 saturated heterocycles. The molecule has 8 heteroatoms. The highest BCUT2D eigenvalue weighted by Crippen LogP contribution is 2.46. The molecule has 1 spiro atoms. The smallest absolute Gasteiger partial charge is 0.264 e. The van der Waals surface area contributed by atoms with Crippen LogP contribution in [0.1, 0.15) is 60.0 Å². The van der Waals surface area contributed by atoms with E-state index < -0.39 is 15.9 Å². The van der Waals surface area contributed by atoms with Crippen molar-refractivity contribution in [2.75, 3.05) is 30.3 Å². The number of sulfonamides is 1. The lowest BCUT2D eigenvalue weighted by Crippen LogP contribution is -2.48. The SMILES string of the molecule is O=C1NS(=O)(=O)CCC/C=C/[C@@H]2CC[C@H]2CN2C[C@@]3(CCCc4cc(Cl)ccc43)COc3ccc1cc32. The highest BCUT2D eigenvalue weighted by molar-refractivity contribution is 7.90. The van der Waals surface area contributed by atoms with Crippen LogP contribution in [-0.4, -0.2) is 39.8 Å². The van der Waals surface area contributed by atoms with E-state index in [1.165, 1.54) is 11.1 Å². The van der Waals surface area contributed by atoms with Gasteiger partial charge in [0.1, 0.15) is 5.75 Å². The van der Waals surface area contributed by atoms with Crippen molar-refractivity contribution in [2.24, 2.45) is 11.8 Å². The minimum absolute atomic E-state index is 0.0662. The first-order chi connectivity index (χ1) is 17.8. The number of carbonyl (C=O) groups excluding carboxylic acids is 1. The van der Waals surface area contributed by atoms with Gasteiger partial charge < -0.3 is 9.64 Å². The van der Waals surface area contributed by atoms with Crippen molar-refractivity contribution >= 4 is 33.2 Å². The van der Waals surface area contributed by atoms with Gasteiger partial charge in [0.05, 0.1) is 18.0 Å². The van der Waals surface area contributed by atoms with Gasteiger partial charge in [-0.05, 0) is 98.2 Å². The Labute approximate surface area is 224 Å². The molecular formula is C29H33ClN2O4S. The maximum absolute atomic E-state index is 13.0. The fourth-order valence-corrected chi connectivity index (χ4v) is 7.77. The predicted molar refractivity (Wildman–Crippen MR) is 146 cm³/mol. The molecule has 6 rings (SSSR count). The minimum Gasteiger partial charge on any atom is -0.490 e. The van der Waals surface area contributed by atoms with E-state index in [2.05, 4.69) is 33.9 Å². The standard InChI is InChI=1S/C29H33ClN2O4S/c30-24-10-11-25-21(15-24)6-4-13-29(25)18-32-17-23-8-7-20(23)5-2-1-3-14-37(34,35)31-28(33)22-9-12-27(36-19-29)26(32)16-22/h2,5,9-12,15-16,20,23H,1,3-4,6-8,13-14,17-19H2,(H,31,33)/b5-2+/t20-,23+,29+/m1/s1. The van der Waals surface area contributed by atoms with Crippen LogP contribution in [0.15, 0.2) is 48.6 Å². The number of anilines is 1. The Balaban J connectivity index is 1.42. The molecule has 6 nitrogen and oxygen atoms in total. The van der Waals surface area contributed by atoms with Crippen LogP contribution in [0.5, 0.6) is 5.75 Å².